The number of rotatable bonds is 4. The third kappa shape index (κ3) is 3.60. The Balaban J connectivity index is 3.30. The predicted octanol–water partition coefficient (Wildman–Crippen LogP) is 2.88. The average Bonchev–Trinajstić information content (AvgIpc) is 2.43. The highest BCUT2D eigenvalue weighted by Crippen LogP contribution is 2.33. The van der Waals surface area contributed by atoms with E-state index >= 15 is 0 Å². The van der Waals surface area contributed by atoms with Gasteiger partial charge in [-0.05, 0) is 33.8 Å². The summed E-state index contributed by atoms with van der Waals surface area (Å²) in [5.41, 5.74) is -2.35. The molecule has 0 spiro atoms. The molecule has 0 aliphatic carbocycles. The summed E-state index contributed by atoms with van der Waals surface area (Å²) in [6.45, 7) is 6.53. The Bertz CT molecular complexity index is 594. The van der Waals surface area contributed by atoms with Gasteiger partial charge in [0.1, 0.15) is 17.4 Å². The molecule has 0 saturated heterocycles. The molecule has 0 heterocycles. The van der Waals surface area contributed by atoms with E-state index in [0.717, 1.165) is 4.90 Å². The highest BCUT2D eigenvalue weighted by molar-refractivity contribution is 5.79. The summed E-state index contributed by atoms with van der Waals surface area (Å²) < 4.78 is 5.23. The Morgan fingerprint density at radius 3 is 2.27 bits per heavy atom. The molecule has 0 aliphatic rings. The lowest BCUT2D eigenvalue weighted by Crippen LogP contribution is -2.48. The van der Waals surface area contributed by atoms with Crippen LogP contribution in [0, 0.1) is 10.1 Å². The number of aldehydes is 1. The molecule has 0 aliphatic heterocycles. The normalized spacial score (nSPS) is 13.9. The van der Waals surface area contributed by atoms with Gasteiger partial charge in [0.2, 0.25) is 0 Å². The van der Waals surface area contributed by atoms with Crippen molar-refractivity contribution in [3.05, 3.63) is 39.9 Å². The van der Waals surface area contributed by atoms with Crippen molar-refractivity contribution in [2.24, 2.45) is 0 Å². The van der Waals surface area contributed by atoms with Crippen molar-refractivity contribution in [1.29, 1.82) is 0 Å². The lowest BCUT2D eigenvalue weighted by molar-refractivity contribution is -0.386. The Hall–Kier alpha value is -2.44. The van der Waals surface area contributed by atoms with Crippen LogP contribution in [-0.2, 0) is 15.1 Å². The van der Waals surface area contributed by atoms with Crippen molar-refractivity contribution >= 4 is 18.1 Å². The summed E-state index contributed by atoms with van der Waals surface area (Å²) in [7, 11) is 1.37. The fourth-order valence-electron chi connectivity index (χ4n) is 1.90. The van der Waals surface area contributed by atoms with E-state index in [-0.39, 0.29) is 11.3 Å². The first-order chi connectivity index (χ1) is 10.0. The molecule has 1 amide bonds. The number of hydrogen-bond donors (Lipinski definition) is 0. The van der Waals surface area contributed by atoms with Crippen molar-refractivity contribution in [3.8, 4) is 0 Å². The number of para-hydroxylation sites is 1. The second kappa shape index (κ2) is 6.13. The number of ether oxygens (including phenoxy) is 1. The first-order valence-electron chi connectivity index (χ1n) is 6.70. The molecule has 1 aromatic carbocycles. The number of amides is 1. The minimum Gasteiger partial charge on any atom is -0.444 e. The molecule has 0 saturated carbocycles. The van der Waals surface area contributed by atoms with E-state index in [9.17, 15) is 19.7 Å². The van der Waals surface area contributed by atoms with E-state index in [1.54, 1.807) is 26.8 Å². The second-order valence-electron chi connectivity index (χ2n) is 6.08. The number of benzene rings is 1. The molecule has 1 unspecified atom stereocenters. The molecule has 0 bridgehead atoms. The fourth-order valence-corrected chi connectivity index (χ4v) is 1.90. The van der Waals surface area contributed by atoms with Gasteiger partial charge in [-0.2, -0.15) is 0 Å². The van der Waals surface area contributed by atoms with Gasteiger partial charge in [0.25, 0.3) is 5.69 Å². The Morgan fingerprint density at radius 1 is 1.27 bits per heavy atom. The van der Waals surface area contributed by atoms with Gasteiger partial charge in [0.05, 0.1) is 10.5 Å². The van der Waals surface area contributed by atoms with Crippen LogP contribution in [0.2, 0.25) is 0 Å². The molecular weight excluding hydrogens is 288 g/mol. The molecule has 1 aromatic rings. The maximum absolute atomic E-state index is 12.2. The molecule has 1 rings (SSSR count). The third-order valence-electron chi connectivity index (χ3n) is 3.24. The molecule has 120 valence electrons. The molecule has 0 fully saturated rings. The molecule has 7 nitrogen and oxygen atoms in total. The summed E-state index contributed by atoms with van der Waals surface area (Å²) in [6, 6.07) is 5.82. The quantitative estimate of drug-likeness (QED) is 0.484. The van der Waals surface area contributed by atoms with Crippen molar-refractivity contribution < 1.29 is 19.2 Å². The van der Waals surface area contributed by atoms with Gasteiger partial charge in [-0.1, -0.05) is 12.1 Å². The smallest absolute Gasteiger partial charge is 0.411 e. The molecule has 22 heavy (non-hydrogen) atoms. The van der Waals surface area contributed by atoms with Crippen LogP contribution in [0.15, 0.2) is 24.3 Å². The van der Waals surface area contributed by atoms with Crippen LogP contribution in [0.4, 0.5) is 10.5 Å². The SMILES string of the molecule is CN(C(=O)OC(C)(C)C)C(C)(C=O)c1ccccc1[N+](=O)[O-]. The summed E-state index contributed by atoms with van der Waals surface area (Å²) in [4.78, 5) is 35.5. The standard InChI is InChI=1S/C15H20N2O5/c1-14(2,3)22-13(19)16(5)15(4,10-18)11-8-6-7-9-12(11)17(20)21/h6-10H,1-5H3. The van der Waals surface area contributed by atoms with Crippen molar-refractivity contribution in [1.82, 2.24) is 4.90 Å². The topological polar surface area (TPSA) is 89.8 Å². The molecule has 1 atom stereocenters. The van der Waals surface area contributed by atoms with E-state index in [1.165, 1.54) is 32.2 Å². The second-order valence-corrected chi connectivity index (χ2v) is 6.08. The number of carbonyl (C=O) groups is 2. The first kappa shape index (κ1) is 17.6. The minimum absolute atomic E-state index is 0.128. The van der Waals surface area contributed by atoms with Crippen LogP contribution >= 0.6 is 0 Å². The molecule has 0 radical (unpaired) electrons. The van der Waals surface area contributed by atoms with Gasteiger partial charge < -0.3 is 9.53 Å². The Kier molecular flexibility index (Phi) is 4.91. The Labute approximate surface area is 129 Å². The summed E-state index contributed by atoms with van der Waals surface area (Å²) in [5.74, 6) is 0. The number of likely N-dealkylation sites (N-methyl/N-ethyl adjacent to an activating group) is 1. The van der Waals surface area contributed by atoms with Gasteiger partial charge in [-0.25, -0.2) is 4.79 Å². The number of hydrogen-bond acceptors (Lipinski definition) is 5. The number of nitrogens with zero attached hydrogens (tertiary/aromatic N) is 2. The van der Waals surface area contributed by atoms with Crippen molar-refractivity contribution in [3.63, 3.8) is 0 Å². The summed E-state index contributed by atoms with van der Waals surface area (Å²) >= 11 is 0. The van der Waals surface area contributed by atoms with E-state index in [2.05, 4.69) is 0 Å². The van der Waals surface area contributed by atoms with Gasteiger partial charge in [0.15, 0.2) is 0 Å². The molecule has 0 N–H and O–H groups in total. The highest BCUT2D eigenvalue weighted by Gasteiger charge is 2.40. The third-order valence-corrected chi connectivity index (χ3v) is 3.24. The van der Waals surface area contributed by atoms with Crippen LogP contribution in [-0.4, -0.2) is 34.9 Å². The average molecular weight is 308 g/mol. The lowest BCUT2D eigenvalue weighted by atomic mass is 9.90. The summed E-state index contributed by atoms with van der Waals surface area (Å²) in [5, 5.41) is 11.2. The largest absolute Gasteiger partial charge is 0.444 e. The maximum atomic E-state index is 12.2. The Morgan fingerprint density at radius 2 is 1.82 bits per heavy atom. The molecular formula is C15H20N2O5. The van der Waals surface area contributed by atoms with E-state index in [0.29, 0.717) is 6.29 Å². The summed E-state index contributed by atoms with van der Waals surface area (Å²) in [6.07, 6.45) is -0.237. The maximum Gasteiger partial charge on any atom is 0.411 e. The van der Waals surface area contributed by atoms with Crippen molar-refractivity contribution in [2.45, 2.75) is 38.8 Å². The van der Waals surface area contributed by atoms with Crippen LogP contribution in [0.3, 0.4) is 0 Å². The number of carbonyl (C=O) groups excluding carboxylic acids is 2. The monoisotopic (exact) mass is 308 g/mol. The van der Waals surface area contributed by atoms with E-state index < -0.39 is 22.2 Å². The molecule has 0 aromatic heterocycles. The lowest BCUT2D eigenvalue weighted by Gasteiger charge is -2.35. The van der Waals surface area contributed by atoms with Crippen LogP contribution in [0.25, 0.3) is 0 Å². The van der Waals surface area contributed by atoms with Gasteiger partial charge in [0, 0.05) is 13.1 Å². The fraction of sp³-hybridized carbons (Fsp3) is 0.467. The van der Waals surface area contributed by atoms with E-state index in [1.807, 2.05) is 0 Å². The predicted molar refractivity (Wildman–Crippen MR) is 80.5 cm³/mol. The first-order valence-corrected chi connectivity index (χ1v) is 6.70. The van der Waals surface area contributed by atoms with Crippen LogP contribution < -0.4 is 0 Å². The van der Waals surface area contributed by atoms with Gasteiger partial charge in [-0.3, -0.25) is 15.0 Å². The van der Waals surface area contributed by atoms with Gasteiger partial charge in [-0.15, -0.1) is 0 Å². The van der Waals surface area contributed by atoms with Crippen molar-refractivity contribution in [2.75, 3.05) is 7.05 Å². The zero-order chi connectivity index (χ0) is 17.1. The molecule has 7 heteroatoms. The van der Waals surface area contributed by atoms with Gasteiger partial charge >= 0.3 is 6.09 Å². The number of nitro benzene ring substituents is 1. The minimum atomic E-state index is -1.51. The number of nitro groups is 1. The highest BCUT2D eigenvalue weighted by atomic mass is 16.6. The van der Waals surface area contributed by atoms with E-state index in [4.69, 9.17) is 4.74 Å². The zero-order valence-corrected chi connectivity index (χ0v) is 13.3. The van der Waals surface area contributed by atoms with Crippen LogP contribution in [0.5, 0.6) is 0 Å². The zero-order valence-electron chi connectivity index (χ0n) is 13.3. The van der Waals surface area contributed by atoms with Crippen LogP contribution in [0.1, 0.15) is 33.3 Å².